The number of nitrogens with one attached hydrogen (secondary N) is 1. The van der Waals surface area contributed by atoms with Gasteiger partial charge in [0.05, 0.1) is 5.69 Å². The lowest BCUT2D eigenvalue weighted by atomic mass is 10.0. The maximum Gasteiger partial charge on any atom is 0.251 e. The summed E-state index contributed by atoms with van der Waals surface area (Å²) in [6.07, 6.45) is 3.46. The minimum atomic E-state index is -0.0455. The number of rotatable bonds is 5. The molecule has 1 aliphatic heterocycles. The molecule has 2 heterocycles. The monoisotopic (exact) mass is 376 g/mol. The van der Waals surface area contributed by atoms with E-state index in [0.717, 1.165) is 43.7 Å². The number of hydrogen-bond donors (Lipinski definition) is 1. The summed E-state index contributed by atoms with van der Waals surface area (Å²) in [6, 6.07) is 16.3. The van der Waals surface area contributed by atoms with Gasteiger partial charge in [0, 0.05) is 31.2 Å². The first-order chi connectivity index (χ1) is 13.7. The Morgan fingerprint density at radius 2 is 1.93 bits per heavy atom. The minimum Gasteiger partial charge on any atom is -0.349 e. The predicted octanol–water partition coefficient (Wildman–Crippen LogP) is 2.37. The van der Waals surface area contributed by atoms with Gasteiger partial charge in [0.25, 0.3) is 5.91 Å². The maximum absolute atomic E-state index is 12.7. The van der Waals surface area contributed by atoms with Gasteiger partial charge in [0.1, 0.15) is 6.33 Å². The highest BCUT2D eigenvalue weighted by atomic mass is 16.1. The highest BCUT2D eigenvalue weighted by Crippen LogP contribution is 2.17. The number of tetrazole rings is 1. The Kier molecular flexibility index (Phi) is 5.43. The molecule has 0 atom stereocenters. The summed E-state index contributed by atoms with van der Waals surface area (Å²) in [6.45, 7) is 4.92. The summed E-state index contributed by atoms with van der Waals surface area (Å²) < 4.78 is 1.58. The summed E-state index contributed by atoms with van der Waals surface area (Å²) in [7, 11) is 0. The van der Waals surface area contributed by atoms with Gasteiger partial charge in [0.15, 0.2) is 0 Å². The molecule has 1 aliphatic rings. The Morgan fingerprint density at radius 3 is 2.64 bits per heavy atom. The van der Waals surface area contributed by atoms with Gasteiger partial charge in [0.2, 0.25) is 0 Å². The first-order valence-corrected chi connectivity index (χ1v) is 9.60. The Balaban J connectivity index is 1.34. The Hall–Kier alpha value is -3.06. The molecule has 7 nitrogen and oxygen atoms in total. The van der Waals surface area contributed by atoms with Crippen LogP contribution in [0.3, 0.4) is 0 Å². The van der Waals surface area contributed by atoms with Gasteiger partial charge in [-0.15, -0.1) is 5.10 Å². The number of amides is 1. The van der Waals surface area contributed by atoms with Gasteiger partial charge in [-0.3, -0.25) is 9.69 Å². The van der Waals surface area contributed by atoms with Crippen LogP contribution in [0.2, 0.25) is 0 Å². The molecule has 28 heavy (non-hydrogen) atoms. The molecule has 1 fully saturated rings. The molecule has 4 rings (SSSR count). The molecule has 144 valence electrons. The van der Waals surface area contributed by atoms with Crippen molar-refractivity contribution >= 4 is 5.91 Å². The molecule has 0 bridgehead atoms. The lowest BCUT2D eigenvalue weighted by Crippen LogP contribution is -2.44. The average Bonchev–Trinajstić information content (AvgIpc) is 3.25. The predicted molar refractivity (Wildman–Crippen MR) is 106 cm³/mol. The van der Waals surface area contributed by atoms with Crippen molar-refractivity contribution in [3.8, 4) is 5.69 Å². The Morgan fingerprint density at radius 1 is 1.14 bits per heavy atom. The van der Waals surface area contributed by atoms with E-state index in [4.69, 9.17) is 0 Å². The molecule has 3 aromatic rings. The fourth-order valence-electron chi connectivity index (χ4n) is 3.61. The van der Waals surface area contributed by atoms with Gasteiger partial charge < -0.3 is 5.32 Å². The largest absolute Gasteiger partial charge is 0.349 e. The van der Waals surface area contributed by atoms with E-state index < -0.39 is 0 Å². The van der Waals surface area contributed by atoms with Gasteiger partial charge in [-0.25, -0.2) is 4.68 Å². The third kappa shape index (κ3) is 4.26. The molecular formula is C21H24N6O. The molecule has 2 aromatic carbocycles. The maximum atomic E-state index is 12.7. The standard InChI is InChI=1S/C21H24N6O/c1-16-7-8-18(13-20(16)27-15-22-24-25-27)21(28)23-19-9-11-26(12-10-19)14-17-5-3-2-4-6-17/h2-8,13,15,19H,9-12,14H2,1H3,(H,23,28). The zero-order valence-corrected chi connectivity index (χ0v) is 16.0. The van der Waals surface area contributed by atoms with Crippen molar-refractivity contribution in [1.29, 1.82) is 0 Å². The van der Waals surface area contributed by atoms with Crippen molar-refractivity contribution in [3.05, 3.63) is 71.5 Å². The van der Waals surface area contributed by atoms with E-state index >= 15 is 0 Å². The van der Waals surface area contributed by atoms with Gasteiger partial charge >= 0.3 is 0 Å². The second kappa shape index (κ2) is 8.31. The SMILES string of the molecule is Cc1ccc(C(=O)NC2CCN(Cc3ccccc3)CC2)cc1-n1cnnn1. The molecule has 7 heteroatoms. The van der Waals surface area contributed by atoms with E-state index in [2.05, 4.69) is 50.0 Å². The normalized spacial score (nSPS) is 15.5. The molecule has 0 aliphatic carbocycles. The van der Waals surface area contributed by atoms with Crippen molar-refractivity contribution in [2.24, 2.45) is 0 Å². The summed E-state index contributed by atoms with van der Waals surface area (Å²) in [4.78, 5) is 15.2. The fourth-order valence-corrected chi connectivity index (χ4v) is 3.61. The molecular weight excluding hydrogens is 352 g/mol. The van der Waals surface area contributed by atoms with Crippen LogP contribution >= 0.6 is 0 Å². The summed E-state index contributed by atoms with van der Waals surface area (Å²) in [5.41, 5.74) is 3.79. The number of carbonyl (C=O) groups is 1. The van der Waals surface area contributed by atoms with Crippen LogP contribution in [0.15, 0.2) is 54.9 Å². The third-order valence-corrected chi connectivity index (χ3v) is 5.24. The number of likely N-dealkylation sites (tertiary alicyclic amines) is 1. The smallest absolute Gasteiger partial charge is 0.251 e. The highest BCUT2D eigenvalue weighted by Gasteiger charge is 2.21. The van der Waals surface area contributed by atoms with E-state index in [-0.39, 0.29) is 11.9 Å². The number of aryl methyl sites for hydroxylation is 1. The molecule has 0 radical (unpaired) electrons. The number of hydrogen-bond acceptors (Lipinski definition) is 5. The molecule has 0 spiro atoms. The second-order valence-corrected chi connectivity index (χ2v) is 7.27. The van der Waals surface area contributed by atoms with Gasteiger partial charge in [-0.05, 0) is 53.5 Å². The van der Waals surface area contributed by atoms with Crippen LogP contribution in [-0.4, -0.2) is 50.1 Å². The quantitative estimate of drug-likeness (QED) is 0.740. The summed E-state index contributed by atoms with van der Waals surface area (Å²) in [5.74, 6) is -0.0455. The van der Waals surface area contributed by atoms with Crippen LogP contribution in [0.4, 0.5) is 0 Å². The van der Waals surface area contributed by atoms with Crippen molar-refractivity contribution in [2.75, 3.05) is 13.1 Å². The molecule has 0 saturated carbocycles. The topological polar surface area (TPSA) is 75.9 Å². The first kappa shape index (κ1) is 18.3. The zero-order valence-electron chi connectivity index (χ0n) is 16.0. The zero-order chi connectivity index (χ0) is 19.3. The van der Waals surface area contributed by atoms with E-state index in [1.54, 1.807) is 4.68 Å². The van der Waals surface area contributed by atoms with Crippen LogP contribution in [0.5, 0.6) is 0 Å². The van der Waals surface area contributed by atoms with Crippen LogP contribution in [0, 0.1) is 6.92 Å². The van der Waals surface area contributed by atoms with Gasteiger partial charge in [-0.1, -0.05) is 36.4 Å². The van der Waals surface area contributed by atoms with E-state index in [9.17, 15) is 4.79 Å². The number of benzene rings is 2. The number of aromatic nitrogens is 4. The molecule has 0 unspecified atom stereocenters. The van der Waals surface area contributed by atoms with Gasteiger partial charge in [-0.2, -0.15) is 0 Å². The molecule has 1 N–H and O–H groups in total. The van der Waals surface area contributed by atoms with Crippen LogP contribution in [-0.2, 0) is 6.54 Å². The first-order valence-electron chi connectivity index (χ1n) is 9.60. The summed E-state index contributed by atoms with van der Waals surface area (Å²) >= 11 is 0. The van der Waals surface area contributed by atoms with Crippen molar-refractivity contribution in [2.45, 2.75) is 32.4 Å². The third-order valence-electron chi connectivity index (χ3n) is 5.24. The Bertz CT molecular complexity index is 917. The van der Waals surface area contributed by atoms with E-state index in [0.29, 0.717) is 5.56 Å². The average molecular weight is 376 g/mol. The van der Waals surface area contributed by atoms with Crippen molar-refractivity contribution < 1.29 is 4.79 Å². The van der Waals surface area contributed by atoms with Crippen LogP contribution in [0.1, 0.15) is 34.3 Å². The van der Waals surface area contributed by atoms with E-state index in [1.165, 1.54) is 11.9 Å². The molecule has 1 amide bonds. The number of nitrogens with zero attached hydrogens (tertiary/aromatic N) is 5. The van der Waals surface area contributed by atoms with Crippen molar-refractivity contribution in [1.82, 2.24) is 30.4 Å². The molecule has 1 saturated heterocycles. The van der Waals surface area contributed by atoms with Crippen molar-refractivity contribution in [3.63, 3.8) is 0 Å². The van der Waals surface area contributed by atoms with Crippen LogP contribution in [0.25, 0.3) is 5.69 Å². The van der Waals surface area contributed by atoms with Crippen LogP contribution < -0.4 is 5.32 Å². The number of piperidine rings is 1. The molecule has 1 aromatic heterocycles. The Labute approximate surface area is 164 Å². The lowest BCUT2D eigenvalue weighted by molar-refractivity contribution is 0.0909. The second-order valence-electron chi connectivity index (χ2n) is 7.27. The fraction of sp³-hybridized carbons (Fsp3) is 0.333. The van der Waals surface area contributed by atoms with E-state index in [1.807, 2.05) is 31.2 Å². The highest BCUT2D eigenvalue weighted by molar-refractivity contribution is 5.95. The number of carbonyl (C=O) groups excluding carboxylic acids is 1. The minimum absolute atomic E-state index is 0.0455. The summed E-state index contributed by atoms with van der Waals surface area (Å²) in [5, 5.41) is 14.5. The lowest BCUT2D eigenvalue weighted by Gasteiger charge is -2.32.